The number of aromatic nitrogens is 2. The van der Waals surface area contributed by atoms with Crippen molar-refractivity contribution in [3.8, 4) is 28.7 Å². The fraction of sp³-hybridized carbons (Fsp3) is 0.525. The number of anilines is 2. The number of ether oxygens (including phenoxy) is 8. The molecule has 336 valence electrons. The number of unbranched alkanes of at least 4 members (excludes halogenated alkanes) is 3. The maximum Gasteiger partial charge on any atom is 0.414 e. The minimum absolute atomic E-state index is 0.0485. The third-order valence-electron chi connectivity index (χ3n) is 8.75. The zero-order chi connectivity index (χ0) is 44.4. The van der Waals surface area contributed by atoms with E-state index in [1.807, 2.05) is 0 Å². The number of rotatable bonds is 30. The van der Waals surface area contributed by atoms with Gasteiger partial charge in [0.25, 0.3) is 5.69 Å². The van der Waals surface area contributed by atoms with Crippen LogP contribution in [0.15, 0.2) is 30.5 Å². The van der Waals surface area contributed by atoms with Gasteiger partial charge < -0.3 is 54.3 Å². The van der Waals surface area contributed by atoms with E-state index >= 15 is 0 Å². The molecule has 0 bridgehead atoms. The quantitative estimate of drug-likeness (QED) is 0.0299. The highest BCUT2D eigenvalue weighted by molar-refractivity contribution is 6.17. The molecule has 1 aromatic heterocycles. The molecule has 1 heterocycles. The smallest absolute Gasteiger partial charge is 0.414 e. The first-order valence-electron chi connectivity index (χ1n) is 19.6. The lowest BCUT2D eigenvalue weighted by molar-refractivity contribution is -0.385. The molecular weight excluding hydrogens is 822 g/mol. The highest BCUT2D eigenvalue weighted by Gasteiger charge is 2.22. The van der Waals surface area contributed by atoms with Crippen LogP contribution in [0.1, 0.15) is 61.6 Å². The molecule has 0 aliphatic carbocycles. The van der Waals surface area contributed by atoms with Crippen LogP contribution in [0.2, 0.25) is 0 Å². The van der Waals surface area contributed by atoms with E-state index in [0.29, 0.717) is 74.6 Å². The molecule has 0 fully saturated rings. The van der Waals surface area contributed by atoms with Crippen molar-refractivity contribution in [2.45, 2.75) is 58.0 Å². The Morgan fingerprint density at radius 2 is 1.38 bits per heavy atom. The molecule has 3 aromatic rings. The van der Waals surface area contributed by atoms with Gasteiger partial charge in [-0.25, -0.2) is 9.78 Å². The predicted octanol–water partition coefficient (Wildman–Crippen LogP) is 4.95. The van der Waals surface area contributed by atoms with Crippen molar-refractivity contribution in [3.63, 3.8) is 0 Å². The first kappa shape index (κ1) is 49.5. The largest absolute Gasteiger partial charge is 0.493 e. The van der Waals surface area contributed by atoms with E-state index < -0.39 is 17.6 Å². The molecule has 21 heteroatoms. The van der Waals surface area contributed by atoms with Crippen molar-refractivity contribution < 1.29 is 57.2 Å². The lowest BCUT2D eigenvalue weighted by atomic mass is 10.1. The van der Waals surface area contributed by atoms with Crippen molar-refractivity contribution in [2.24, 2.45) is 0 Å². The van der Waals surface area contributed by atoms with E-state index in [-0.39, 0.29) is 72.2 Å². The Balaban J connectivity index is 1.39. The number of nitrogens with one attached hydrogen (secondary N) is 3. The fourth-order valence-electron chi connectivity index (χ4n) is 5.60. The molecule has 5 N–H and O–H groups in total. The van der Waals surface area contributed by atoms with Crippen molar-refractivity contribution in [3.05, 3.63) is 57.3 Å². The number of halogens is 1. The Hall–Kier alpha value is -5.86. The lowest BCUT2D eigenvalue weighted by Gasteiger charge is -2.17. The number of hydrogen-bond acceptors (Lipinski definition) is 16. The molecular formula is C40H56ClN7O13. The number of carbonyl (C=O) groups is 3. The van der Waals surface area contributed by atoms with Gasteiger partial charge in [0.1, 0.15) is 12.4 Å². The van der Waals surface area contributed by atoms with Crippen LogP contribution in [-0.4, -0.2) is 113 Å². The summed E-state index contributed by atoms with van der Waals surface area (Å²) in [5.41, 5.74) is 7.21. The van der Waals surface area contributed by atoms with Gasteiger partial charge in [-0.1, -0.05) is 12.8 Å². The highest BCUT2D eigenvalue weighted by atomic mass is 35.5. The third-order valence-corrected chi connectivity index (χ3v) is 9.02. The van der Waals surface area contributed by atoms with Gasteiger partial charge in [0.15, 0.2) is 23.0 Å². The Kier molecular flexibility index (Phi) is 22.6. The van der Waals surface area contributed by atoms with Crippen LogP contribution in [0.25, 0.3) is 0 Å². The lowest BCUT2D eigenvalue weighted by Crippen LogP contribution is -2.30. The van der Waals surface area contributed by atoms with Crippen LogP contribution in [0.4, 0.5) is 22.2 Å². The van der Waals surface area contributed by atoms with E-state index in [9.17, 15) is 24.5 Å². The molecule has 0 atom stereocenters. The minimum Gasteiger partial charge on any atom is -0.493 e. The Morgan fingerprint density at radius 1 is 0.754 bits per heavy atom. The number of nitrogens with two attached hydrogens (primary N) is 1. The van der Waals surface area contributed by atoms with E-state index in [1.165, 1.54) is 46.8 Å². The maximum absolute atomic E-state index is 12.5. The van der Waals surface area contributed by atoms with Crippen LogP contribution in [0.5, 0.6) is 28.7 Å². The average Bonchev–Trinajstić information content (AvgIpc) is 3.25. The minimum atomic E-state index is -0.973. The van der Waals surface area contributed by atoms with Crippen molar-refractivity contribution in [1.29, 1.82) is 0 Å². The molecule has 0 radical (unpaired) electrons. The number of alkyl halides is 1. The van der Waals surface area contributed by atoms with Gasteiger partial charge in [0.05, 0.1) is 71.4 Å². The molecule has 0 aliphatic heterocycles. The van der Waals surface area contributed by atoms with Crippen LogP contribution in [0.3, 0.4) is 0 Å². The summed E-state index contributed by atoms with van der Waals surface area (Å²) in [6.45, 7) is 2.46. The van der Waals surface area contributed by atoms with Gasteiger partial charge >= 0.3 is 6.09 Å². The Morgan fingerprint density at radius 3 is 2.00 bits per heavy atom. The second kappa shape index (κ2) is 27.8. The number of amides is 3. The summed E-state index contributed by atoms with van der Waals surface area (Å²) in [6.07, 6.45) is 5.53. The monoisotopic (exact) mass is 877 g/mol. The summed E-state index contributed by atoms with van der Waals surface area (Å²) in [5.74, 6) is 1.65. The normalized spacial score (nSPS) is 10.7. The molecule has 3 rings (SSSR count). The second-order valence-electron chi connectivity index (χ2n) is 13.1. The Labute approximate surface area is 359 Å². The molecule has 0 saturated heterocycles. The predicted molar refractivity (Wildman–Crippen MR) is 225 cm³/mol. The summed E-state index contributed by atoms with van der Waals surface area (Å²) < 4.78 is 43.6. The Bertz CT molecular complexity index is 1850. The number of nitrogen functional groups attached to an aromatic ring is 1. The molecule has 2 aromatic carbocycles. The molecule has 20 nitrogen and oxygen atoms in total. The third kappa shape index (κ3) is 17.7. The molecule has 0 aliphatic rings. The van der Waals surface area contributed by atoms with Crippen molar-refractivity contribution >= 4 is 47.0 Å². The van der Waals surface area contributed by atoms with Crippen molar-refractivity contribution in [1.82, 2.24) is 20.6 Å². The van der Waals surface area contributed by atoms with Gasteiger partial charge in [0, 0.05) is 56.6 Å². The number of nitro groups is 1. The topological polar surface area (TPSA) is 256 Å². The fourth-order valence-corrected chi connectivity index (χ4v) is 5.79. The van der Waals surface area contributed by atoms with Gasteiger partial charge in [-0.15, -0.1) is 11.6 Å². The van der Waals surface area contributed by atoms with E-state index in [0.717, 1.165) is 31.2 Å². The van der Waals surface area contributed by atoms with Crippen molar-refractivity contribution in [2.75, 3.05) is 91.5 Å². The van der Waals surface area contributed by atoms with Crippen LogP contribution < -0.4 is 45.4 Å². The van der Waals surface area contributed by atoms with Crippen LogP contribution in [-0.2, 0) is 36.8 Å². The summed E-state index contributed by atoms with van der Waals surface area (Å²) in [6, 6.07) is 6.01. The maximum atomic E-state index is 12.5. The number of hydrogen-bond donors (Lipinski definition) is 4. The average molecular weight is 878 g/mol. The second-order valence-corrected chi connectivity index (χ2v) is 13.5. The van der Waals surface area contributed by atoms with Gasteiger partial charge in [-0.2, -0.15) is 4.98 Å². The highest BCUT2D eigenvalue weighted by Crippen LogP contribution is 2.39. The number of benzene rings is 2. The van der Waals surface area contributed by atoms with Crippen LogP contribution in [0, 0.1) is 10.1 Å². The van der Waals surface area contributed by atoms with Crippen LogP contribution >= 0.6 is 11.6 Å². The zero-order valence-corrected chi connectivity index (χ0v) is 35.8. The number of nitro benzene ring substituents is 1. The number of nitrogens with zero attached hydrogens (tertiary/aromatic N) is 3. The SMILES string of the molecule is COc1cc(COC(=O)Nc2ncc(Cc3cc(OC)c(OCCCNC(=O)CCC(=O)NCCOCCOCCCCCCCl)c(OC)c3)c(N)n2)c([N+](=O)[O-])cc1OC. The number of carbonyl (C=O) groups excluding carboxylic acids is 3. The van der Waals surface area contributed by atoms with Gasteiger partial charge in [-0.05, 0) is 43.0 Å². The summed E-state index contributed by atoms with van der Waals surface area (Å²) in [4.78, 5) is 56.2. The first-order valence-corrected chi connectivity index (χ1v) is 20.1. The summed E-state index contributed by atoms with van der Waals surface area (Å²) in [5, 5.41) is 19.5. The molecule has 0 spiro atoms. The molecule has 61 heavy (non-hydrogen) atoms. The van der Waals surface area contributed by atoms with E-state index in [2.05, 4.69) is 25.9 Å². The van der Waals surface area contributed by atoms with E-state index in [4.69, 9.17) is 55.2 Å². The first-order chi connectivity index (χ1) is 29.5. The number of methoxy groups -OCH3 is 4. The summed E-state index contributed by atoms with van der Waals surface area (Å²) >= 11 is 5.66. The molecule has 0 unspecified atom stereocenters. The molecule has 3 amide bonds. The zero-order valence-electron chi connectivity index (χ0n) is 35.0. The van der Waals surface area contributed by atoms with E-state index in [1.54, 1.807) is 12.1 Å². The standard InChI is InChI=1S/C40H56ClN7O13/c1-54-31-23-29(30(48(52)53)24-32(31)55-2)26-61-40(51)47-39-45-25-28(38(42)46-39)20-27-21-33(56-3)37(34(22-27)57-4)60-16-9-13-43-35(49)10-11-36(50)44-14-17-59-19-18-58-15-8-6-5-7-12-41/h21-25H,5-20,26H2,1-4H3,(H,43,49)(H,44,50)(H3,42,45,46,47,51). The summed E-state index contributed by atoms with van der Waals surface area (Å²) in [7, 11) is 5.69. The molecule has 0 saturated carbocycles. The van der Waals surface area contributed by atoms with Gasteiger partial charge in [0.2, 0.25) is 23.5 Å². The van der Waals surface area contributed by atoms with Gasteiger partial charge in [-0.3, -0.25) is 25.0 Å².